The first-order valence-electron chi connectivity index (χ1n) is 9.70. The molecule has 8 heteroatoms. The molecule has 0 saturated carbocycles. The number of carbonyl (C=O) groups is 2. The number of methoxy groups -OCH3 is 1. The molecule has 0 bridgehead atoms. The fourth-order valence-electron chi connectivity index (χ4n) is 3.74. The Balaban J connectivity index is 1.71. The number of piperidine rings is 1. The van der Waals surface area contributed by atoms with Crippen molar-refractivity contribution in [2.75, 3.05) is 12.4 Å². The second kappa shape index (κ2) is 7.98. The fraction of sp³-hybridized carbons (Fsp3) is 0.273. The van der Waals surface area contributed by atoms with Crippen molar-refractivity contribution >= 4 is 28.4 Å². The number of hydrogen-bond acceptors (Lipinski definition) is 6. The van der Waals surface area contributed by atoms with Crippen LogP contribution in [-0.2, 0) is 16.1 Å². The Morgan fingerprint density at radius 3 is 2.63 bits per heavy atom. The molecule has 4 rings (SSSR count). The molecule has 3 aromatic rings. The Bertz CT molecular complexity index is 1180. The summed E-state index contributed by atoms with van der Waals surface area (Å²) in [7, 11) is 1.62. The van der Waals surface area contributed by atoms with Crippen molar-refractivity contribution in [2.24, 2.45) is 0 Å². The van der Waals surface area contributed by atoms with Crippen LogP contribution < -0.4 is 20.9 Å². The van der Waals surface area contributed by atoms with Crippen molar-refractivity contribution in [1.29, 1.82) is 0 Å². The summed E-state index contributed by atoms with van der Waals surface area (Å²) in [6, 6.07) is 12.3. The van der Waals surface area contributed by atoms with E-state index in [1.54, 1.807) is 20.1 Å². The molecule has 1 unspecified atom stereocenters. The van der Waals surface area contributed by atoms with Crippen LogP contribution in [0.4, 0.5) is 5.69 Å². The first-order chi connectivity index (χ1) is 14.5. The fourth-order valence-corrected chi connectivity index (χ4v) is 3.74. The molecule has 30 heavy (non-hydrogen) atoms. The van der Waals surface area contributed by atoms with Crippen LogP contribution in [0.1, 0.15) is 30.3 Å². The van der Waals surface area contributed by atoms with E-state index in [2.05, 4.69) is 15.6 Å². The van der Waals surface area contributed by atoms with Crippen molar-refractivity contribution in [3.63, 3.8) is 0 Å². The number of aryl methyl sites for hydroxylation is 1. The molecule has 1 fully saturated rings. The van der Waals surface area contributed by atoms with E-state index in [9.17, 15) is 14.4 Å². The average molecular weight is 406 g/mol. The normalized spacial score (nSPS) is 16.4. The monoisotopic (exact) mass is 406 g/mol. The molecule has 1 aliphatic rings. The van der Waals surface area contributed by atoms with Crippen LogP contribution in [0.2, 0.25) is 0 Å². The second-order valence-corrected chi connectivity index (χ2v) is 7.20. The van der Waals surface area contributed by atoms with Gasteiger partial charge in [0, 0.05) is 18.7 Å². The zero-order valence-corrected chi connectivity index (χ0v) is 16.8. The Morgan fingerprint density at radius 1 is 1.17 bits per heavy atom. The second-order valence-electron chi connectivity index (χ2n) is 7.20. The van der Waals surface area contributed by atoms with Gasteiger partial charge in [0.05, 0.1) is 18.0 Å². The number of anilines is 1. The van der Waals surface area contributed by atoms with E-state index in [0.29, 0.717) is 29.0 Å². The average Bonchev–Trinajstić information content (AvgIpc) is 2.73. The third-order valence-electron chi connectivity index (χ3n) is 5.27. The Hall–Kier alpha value is -3.68. The van der Waals surface area contributed by atoms with Crippen molar-refractivity contribution in [3.05, 3.63) is 64.2 Å². The zero-order chi connectivity index (χ0) is 21.3. The smallest absolute Gasteiger partial charge is 0.264 e. The number of rotatable bonds is 5. The lowest BCUT2D eigenvalue weighted by Gasteiger charge is -2.24. The van der Waals surface area contributed by atoms with E-state index in [4.69, 9.17) is 4.74 Å². The number of nitrogens with one attached hydrogen (secondary N) is 2. The highest BCUT2D eigenvalue weighted by Gasteiger charge is 2.30. The molecular formula is C22H22N4O4. The zero-order valence-electron chi connectivity index (χ0n) is 16.8. The van der Waals surface area contributed by atoms with Gasteiger partial charge in [0.2, 0.25) is 11.8 Å². The van der Waals surface area contributed by atoms with Crippen molar-refractivity contribution < 1.29 is 14.3 Å². The predicted octanol–water partition coefficient (Wildman–Crippen LogP) is 2.30. The van der Waals surface area contributed by atoms with Gasteiger partial charge in [-0.3, -0.25) is 24.3 Å². The standard InChI is InChI=1S/C22H22N4O4/c1-13-24-17-5-3-4-16(23-12-14-6-8-15(30-2)9-7-14)20(17)22(29)26(13)18-10-11-19(27)25-21(18)28/h3-9,18,23H,10-12H2,1-2H3,(H,25,27,28). The summed E-state index contributed by atoms with van der Waals surface area (Å²) in [4.78, 5) is 41.8. The minimum atomic E-state index is -0.748. The predicted molar refractivity (Wildman–Crippen MR) is 112 cm³/mol. The first-order valence-corrected chi connectivity index (χ1v) is 9.70. The van der Waals surface area contributed by atoms with Gasteiger partial charge in [0.15, 0.2) is 0 Å². The number of carbonyl (C=O) groups excluding carboxylic acids is 2. The van der Waals surface area contributed by atoms with Crippen LogP contribution >= 0.6 is 0 Å². The van der Waals surface area contributed by atoms with Gasteiger partial charge in [-0.1, -0.05) is 18.2 Å². The Kier molecular flexibility index (Phi) is 5.22. The lowest BCUT2D eigenvalue weighted by molar-refractivity contribution is -0.135. The molecule has 0 spiro atoms. The van der Waals surface area contributed by atoms with Gasteiger partial charge in [-0.15, -0.1) is 0 Å². The Labute approximate surface area is 172 Å². The number of nitrogens with zero attached hydrogens (tertiary/aromatic N) is 2. The summed E-state index contributed by atoms with van der Waals surface area (Å²) in [5.41, 5.74) is 1.92. The van der Waals surface area contributed by atoms with Crippen LogP contribution in [-0.4, -0.2) is 28.5 Å². The summed E-state index contributed by atoms with van der Waals surface area (Å²) in [5, 5.41) is 6.03. The molecule has 2 amide bonds. The van der Waals surface area contributed by atoms with Gasteiger partial charge in [0.1, 0.15) is 17.6 Å². The van der Waals surface area contributed by atoms with E-state index >= 15 is 0 Å². The summed E-state index contributed by atoms with van der Waals surface area (Å²) < 4.78 is 6.57. The molecule has 1 atom stereocenters. The highest BCUT2D eigenvalue weighted by molar-refractivity contribution is 5.99. The molecule has 0 radical (unpaired) electrons. The maximum atomic E-state index is 13.4. The van der Waals surface area contributed by atoms with Crippen LogP contribution in [0.15, 0.2) is 47.3 Å². The van der Waals surface area contributed by atoms with E-state index < -0.39 is 11.9 Å². The number of amides is 2. The molecule has 1 aliphatic heterocycles. The molecule has 0 aliphatic carbocycles. The number of imide groups is 1. The van der Waals surface area contributed by atoms with Crippen LogP contribution in [0.25, 0.3) is 10.9 Å². The summed E-state index contributed by atoms with van der Waals surface area (Å²) >= 11 is 0. The number of ether oxygens (including phenoxy) is 1. The van der Waals surface area contributed by atoms with Crippen LogP contribution in [0, 0.1) is 6.92 Å². The number of fused-ring (bicyclic) bond motifs is 1. The minimum absolute atomic E-state index is 0.192. The number of aromatic nitrogens is 2. The third kappa shape index (κ3) is 3.63. The molecule has 2 N–H and O–H groups in total. The number of benzene rings is 2. The maximum absolute atomic E-state index is 13.4. The topological polar surface area (TPSA) is 102 Å². The lowest BCUT2D eigenvalue weighted by atomic mass is 10.1. The summed E-state index contributed by atoms with van der Waals surface area (Å²) in [5.74, 6) is 0.420. The highest BCUT2D eigenvalue weighted by Crippen LogP contribution is 2.24. The van der Waals surface area contributed by atoms with Crippen molar-refractivity contribution in [1.82, 2.24) is 14.9 Å². The van der Waals surface area contributed by atoms with Crippen molar-refractivity contribution in [3.8, 4) is 5.75 Å². The molecule has 1 aromatic heterocycles. The molecule has 1 saturated heterocycles. The lowest BCUT2D eigenvalue weighted by Crippen LogP contribution is -2.45. The van der Waals surface area contributed by atoms with Gasteiger partial charge >= 0.3 is 0 Å². The van der Waals surface area contributed by atoms with Crippen LogP contribution in [0.3, 0.4) is 0 Å². The SMILES string of the molecule is COc1ccc(CNc2cccc3nc(C)n(C4CCC(=O)NC4=O)c(=O)c23)cc1. The third-order valence-corrected chi connectivity index (χ3v) is 5.27. The van der Waals surface area contributed by atoms with Gasteiger partial charge in [0.25, 0.3) is 5.56 Å². The van der Waals surface area contributed by atoms with Gasteiger partial charge in [-0.2, -0.15) is 0 Å². The van der Waals surface area contributed by atoms with E-state index in [-0.39, 0.29) is 24.3 Å². The first kappa shape index (κ1) is 19.6. The van der Waals surface area contributed by atoms with Crippen LogP contribution in [0.5, 0.6) is 5.75 Å². The molecule has 8 nitrogen and oxygen atoms in total. The molecule has 2 aromatic carbocycles. The highest BCUT2D eigenvalue weighted by atomic mass is 16.5. The van der Waals surface area contributed by atoms with Gasteiger partial charge < -0.3 is 10.1 Å². The number of hydrogen-bond donors (Lipinski definition) is 2. The largest absolute Gasteiger partial charge is 0.497 e. The van der Waals surface area contributed by atoms with E-state index in [0.717, 1.165) is 11.3 Å². The quantitative estimate of drug-likeness (QED) is 0.631. The maximum Gasteiger partial charge on any atom is 0.264 e. The van der Waals surface area contributed by atoms with E-state index in [1.807, 2.05) is 36.4 Å². The molecule has 154 valence electrons. The molecular weight excluding hydrogens is 384 g/mol. The summed E-state index contributed by atoms with van der Waals surface area (Å²) in [6.07, 6.45) is 0.470. The van der Waals surface area contributed by atoms with Gasteiger partial charge in [-0.05, 0) is 43.2 Å². The minimum Gasteiger partial charge on any atom is -0.497 e. The Morgan fingerprint density at radius 2 is 1.93 bits per heavy atom. The van der Waals surface area contributed by atoms with Crippen molar-refractivity contribution in [2.45, 2.75) is 32.4 Å². The molecule has 2 heterocycles. The van der Waals surface area contributed by atoms with Gasteiger partial charge in [-0.25, -0.2) is 4.98 Å². The van der Waals surface area contributed by atoms with E-state index in [1.165, 1.54) is 4.57 Å². The summed E-state index contributed by atoms with van der Waals surface area (Å²) in [6.45, 7) is 2.21.